The molecule has 3 rings (SSSR count). The topological polar surface area (TPSA) is 76.4 Å². The predicted octanol–water partition coefficient (Wildman–Crippen LogP) is 3.31. The molecule has 8 heteroatoms. The van der Waals surface area contributed by atoms with Crippen LogP contribution in [-0.4, -0.2) is 33.8 Å². The number of aliphatic imine (C=N–C) groups is 1. The molecule has 0 aliphatic rings. The summed E-state index contributed by atoms with van der Waals surface area (Å²) in [6.07, 6.45) is 2.61. The second kappa shape index (κ2) is 11.7. The van der Waals surface area contributed by atoms with Gasteiger partial charge in [0, 0.05) is 26.1 Å². The predicted molar refractivity (Wildman–Crippen MR) is 119 cm³/mol. The van der Waals surface area contributed by atoms with Gasteiger partial charge in [0.1, 0.15) is 30.3 Å². The maximum Gasteiger partial charge on any atom is 0.191 e. The molecule has 1 heterocycles. The first kappa shape index (κ1) is 22.3. The summed E-state index contributed by atoms with van der Waals surface area (Å²) in [6, 6.07) is 14.2. The Balaban J connectivity index is 1.49. The van der Waals surface area contributed by atoms with Gasteiger partial charge in [-0.25, -0.2) is 9.38 Å². The smallest absolute Gasteiger partial charge is 0.191 e. The van der Waals surface area contributed by atoms with E-state index in [9.17, 15) is 4.39 Å². The monoisotopic (exact) mass is 424 g/mol. The Morgan fingerprint density at radius 2 is 1.94 bits per heavy atom. The van der Waals surface area contributed by atoms with Gasteiger partial charge in [-0.15, -0.1) is 10.2 Å². The summed E-state index contributed by atoms with van der Waals surface area (Å²) in [6.45, 7) is 7.27. The molecule has 0 atom stereocenters. The quantitative estimate of drug-likeness (QED) is 0.386. The highest BCUT2D eigenvalue weighted by Crippen LogP contribution is 2.15. The van der Waals surface area contributed by atoms with Crippen molar-refractivity contribution in [2.45, 2.75) is 40.0 Å². The minimum Gasteiger partial charge on any atom is -0.489 e. The Bertz CT molecular complexity index is 970. The second-order valence-electron chi connectivity index (χ2n) is 6.98. The number of aromatic nitrogens is 3. The van der Waals surface area contributed by atoms with Gasteiger partial charge in [0.15, 0.2) is 5.96 Å². The van der Waals surface area contributed by atoms with Crippen LogP contribution in [0.2, 0.25) is 0 Å². The number of benzene rings is 2. The summed E-state index contributed by atoms with van der Waals surface area (Å²) in [5.74, 6) is 2.22. The van der Waals surface area contributed by atoms with E-state index in [1.54, 1.807) is 12.4 Å². The highest BCUT2D eigenvalue weighted by molar-refractivity contribution is 5.79. The number of hydrogen-bond acceptors (Lipinski definition) is 4. The van der Waals surface area contributed by atoms with E-state index in [4.69, 9.17) is 4.74 Å². The molecule has 0 radical (unpaired) electrons. The van der Waals surface area contributed by atoms with Gasteiger partial charge in [-0.3, -0.25) is 0 Å². The molecule has 2 N–H and O–H groups in total. The van der Waals surface area contributed by atoms with Crippen LogP contribution in [0.5, 0.6) is 5.75 Å². The highest BCUT2D eigenvalue weighted by atomic mass is 19.1. The van der Waals surface area contributed by atoms with Crippen molar-refractivity contribution in [1.82, 2.24) is 25.4 Å². The summed E-state index contributed by atoms with van der Waals surface area (Å²) < 4.78 is 21.0. The minimum atomic E-state index is -0.257. The molecule has 0 aliphatic heterocycles. The maximum absolute atomic E-state index is 13.2. The van der Waals surface area contributed by atoms with Gasteiger partial charge in [0.2, 0.25) is 0 Å². The fourth-order valence-electron chi connectivity index (χ4n) is 3.03. The van der Waals surface area contributed by atoms with E-state index in [1.165, 1.54) is 12.1 Å². The van der Waals surface area contributed by atoms with E-state index in [0.29, 0.717) is 13.2 Å². The largest absolute Gasteiger partial charge is 0.489 e. The van der Waals surface area contributed by atoms with Gasteiger partial charge in [-0.05, 0) is 42.3 Å². The number of rotatable bonds is 10. The van der Waals surface area contributed by atoms with Crippen LogP contribution < -0.4 is 15.4 Å². The molecular weight excluding hydrogens is 395 g/mol. The van der Waals surface area contributed by atoms with Gasteiger partial charge >= 0.3 is 0 Å². The Hall–Kier alpha value is -3.42. The lowest BCUT2D eigenvalue weighted by atomic mass is 10.2. The molecule has 0 saturated heterocycles. The second-order valence-corrected chi connectivity index (χ2v) is 6.98. The number of guanidine groups is 1. The average Bonchev–Trinajstić information content (AvgIpc) is 3.24. The first-order chi connectivity index (χ1) is 15.2. The van der Waals surface area contributed by atoms with Crippen molar-refractivity contribution in [3.05, 3.63) is 77.6 Å². The third-order valence-electron chi connectivity index (χ3n) is 4.64. The Morgan fingerprint density at radius 1 is 1.10 bits per heavy atom. The fourth-order valence-corrected chi connectivity index (χ4v) is 3.03. The summed E-state index contributed by atoms with van der Waals surface area (Å²) in [5.41, 5.74) is 1.87. The fraction of sp³-hybridized carbons (Fsp3) is 0.348. The van der Waals surface area contributed by atoms with Crippen LogP contribution in [0.4, 0.5) is 4.39 Å². The van der Waals surface area contributed by atoms with Crippen LogP contribution in [0.1, 0.15) is 30.8 Å². The molecule has 0 amide bonds. The first-order valence-electron chi connectivity index (χ1n) is 10.5. The molecule has 0 bridgehead atoms. The van der Waals surface area contributed by atoms with Crippen molar-refractivity contribution in [2.24, 2.45) is 4.99 Å². The number of hydrogen-bond donors (Lipinski definition) is 2. The zero-order valence-corrected chi connectivity index (χ0v) is 18.0. The highest BCUT2D eigenvalue weighted by Gasteiger charge is 2.03. The standard InChI is InChI=1S/C23H29FN6O/c1-3-22-29-28-17-30(22)13-12-26-23(25-4-2)27-15-18-8-10-21(11-9-18)31-16-19-6-5-7-20(24)14-19/h5-11,14,17H,3-4,12-13,15-16H2,1-2H3,(H2,25,26,27). The van der Waals surface area contributed by atoms with E-state index in [0.717, 1.165) is 54.7 Å². The summed E-state index contributed by atoms with van der Waals surface area (Å²) >= 11 is 0. The maximum atomic E-state index is 13.2. The SMILES string of the molecule is CCNC(=NCc1ccc(OCc2cccc(F)c2)cc1)NCCn1cnnc1CC. The van der Waals surface area contributed by atoms with E-state index in [2.05, 4.69) is 32.7 Å². The number of halogens is 1. The lowest BCUT2D eigenvalue weighted by Gasteiger charge is -2.12. The van der Waals surface area contributed by atoms with E-state index >= 15 is 0 Å². The third-order valence-corrected chi connectivity index (χ3v) is 4.64. The molecule has 0 spiro atoms. The Morgan fingerprint density at radius 3 is 2.68 bits per heavy atom. The summed E-state index contributed by atoms with van der Waals surface area (Å²) in [5, 5.41) is 14.7. The molecular formula is C23H29FN6O. The van der Waals surface area contributed by atoms with Gasteiger partial charge < -0.3 is 19.9 Å². The minimum absolute atomic E-state index is 0.257. The van der Waals surface area contributed by atoms with Crippen molar-refractivity contribution in [1.29, 1.82) is 0 Å². The van der Waals surface area contributed by atoms with E-state index in [-0.39, 0.29) is 5.82 Å². The zero-order chi connectivity index (χ0) is 21.9. The molecule has 31 heavy (non-hydrogen) atoms. The average molecular weight is 425 g/mol. The molecule has 7 nitrogen and oxygen atoms in total. The third kappa shape index (κ3) is 7.09. The molecule has 0 fully saturated rings. The normalized spacial score (nSPS) is 11.4. The number of ether oxygens (including phenoxy) is 1. The van der Waals surface area contributed by atoms with Gasteiger partial charge in [0.25, 0.3) is 0 Å². The van der Waals surface area contributed by atoms with Crippen LogP contribution in [0, 0.1) is 5.82 Å². The molecule has 1 aromatic heterocycles. The van der Waals surface area contributed by atoms with E-state index < -0.39 is 0 Å². The van der Waals surface area contributed by atoms with Crippen LogP contribution in [0.3, 0.4) is 0 Å². The van der Waals surface area contributed by atoms with Crippen molar-refractivity contribution in [3.8, 4) is 5.75 Å². The molecule has 2 aromatic carbocycles. The van der Waals surface area contributed by atoms with Crippen LogP contribution >= 0.6 is 0 Å². The molecule has 0 saturated carbocycles. The Labute approximate surface area is 182 Å². The van der Waals surface area contributed by atoms with Gasteiger partial charge in [0.05, 0.1) is 6.54 Å². The summed E-state index contributed by atoms with van der Waals surface area (Å²) in [7, 11) is 0. The number of aryl methyl sites for hydroxylation is 1. The van der Waals surface area contributed by atoms with Gasteiger partial charge in [-0.2, -0.15) is 0 Å². The van der Waals surface area contributed by atoms with Gasteiger partial charge in [-0.1, -0.05) is 31.2 Å². The van der Waals surface area contributed by atoms with Crippen molar-refractivity contribution in [2.75, 3.05) is 13.1 Å². The van der Waals surface area contributed by atoms with Crippen molar-refractivity contribution < 1.29 is 9.13 Å². The molecule has 0 unspecified atom stereocenters. The Kier molecular flexibility index (Phi) is 8.39. The van der Waals surface area contributed by atoms with Crippen LogP contribution in [0.15, 0.2) is 59.9 Å². The lowest BCUT2D eigenvalue weighted by Crippen LogP contribution is -2.38. The molecule has 0 aliphatic carbocycles. The molecule has 164 valence electrons. The number of nitrogens with one attached hydrogen (secondary N) is 2. The summed E-state index contributed by atoms with van der Waals surface area (Å²) in [4.78, 5) is 4.65. The van der Waals surface area contributed by atoms with Crippen LogP contribution in [0.25, 0.3) is 0 Å². The lowest BCUT2D eigenvalue weighted by molar-refractivity contribution is 0.305. The van der Waals surface area contributed by atoms with Crippen molar-refractivity contribution >= 4 is 5.96 Å². The van der Waals surface area contributed by atoms with Crippen LogP contribution in [-0.2, 0) is 26.1 Å². The van der Waals surface area contributed by atoms with Crippen molar-refractivity contribution in [3.63, 3.8) is 0 Å². The number of nitrogens with zero attached hydrogens (tertiary/aromatic N) is 4. The van der Waals surface area contributed by atoms with E-state index in [1.807, 2.05) is 41.8 Å². The molecule has 3 aromatic rings. The first-order valence-corrected chi connectivity index (χ1v) is 10.5. The zero-order valence-electron chi connectivity index (χ0n) is 18.0.